The predicted molar refractivity (Wildman–Crippen MR) is 82.8 cm³/mol. The molecule has 4 nitrogen and oxygen atoms in total. The summed E-state index contributed by atoms with van der Waals surface area (Å²) in [4.78, 5) is 4.31. The summed E-state index contributed by atoms with van der Waals surface area (Å²) in [5.41, 5.74) is 1.64. The summed E-state index contributed by atoms with van der Waals surface area (Å²) in [5.74, 6) is 0.238. The van der Waals surface area contributed by atoms with Gasteiger partial charge in [0.1, 0.15) is 0 Å². The predicted octanol–water partition coefficient (Wildman–Crippen LogP) is 2.72. The maximum absolute atomic E-state index is 12.2. The van der Waals surface area contributed by atoms with Gasteiger partial charge >= 0.3 is 0 Å². The van der Waals surface area contributed by atoms with Crippen LogP contribution in [0.15, 0.2) is 36.5 Å². The normalized spacial score (nSPS) is 19.1. The molecule has 1 aliphatic heterocycles. The first kappa shape index (κ1) is 14.5. The van der Waals surface area contributed by atoms with Gasteiger partial charge in [-0.15, -0.1) is 0 Å². The number of para-hydroxylation sites is 1. The van der Waals surface area contributed by atoms with Crippen LogP contribution < -0.4 is 0 Å². The number of sulfone groups is 1. The average molecular weight is 305 g/mol. The van der Waals surface area contributed by atoms with Crippen LogP contribution in [-0.2, 0) is 20.3 Å². The number of hydrogen-bond acceptors (Lipinski definition) is 4. The van der Waals surface area contributed by atoms with E-state index in [2.05, 4.69) is 4.98 Å². The molecular weight excluding hydrogens is 286 g/mol. The topological polar surface area (TPSA) is 56.3 Å². The van der Waals surface area contributed by atoms with Crippen LogP contribution in [0.1, 0.15) is 24.8 Å². The first-order valence-electron chi connectivity index (χ1n) is 7.28. The molecule has 5 heteroatoms. The number of benzene rings is 1. The summed E-state index contributed by atoms with van der Waals surface area (Å²) in [6.45, 7) is 0.763. The Morgan fingerprint density at radius 1 is 1.29 bits per heavy atom. The Morgan fingerprint density at radius 2 is 2.14 bits per heavy atom. The van der Waals surface area contributed by atoms with Crippen LogP contribution in [0.5, 0.6) is 0 Å². The van der Waals surface area contributed by atoms with Crippen molar-refractivity contribution >= 4 is 20.7 Å². The third-order valence-corrected chi connectivity index (χ3v) is 5.44. The fourth-order valence-electron chi connectivity index (χ4n) is 2.70. The number of rotatable bonds is 5. The molecule has 112 valence electrons. The van der Waals surface area contributed by atoms with Gasteiger partial charge in [0.05, 0.1) is 23.1 Å². The molecule has 0 spiro atoms. The van der Waals surface area contributed by atoms with Crippen LogP contribution in [0, 0.1) is 0 Å². The van der Waals surface area contributed by atoms with Crippen molar-refractivity contribution in [2.75, 3.05) is 12.4 Å². The Kier molecular flexibility index (Phi) is 4.22. The van der Waals surface area contributed by atoms with Gasteiger partial charge in [0.25, 0.3) is 0 Å². The Balaban J connectivity index is 1.67. The van der Waals surface area contributed by atoms with Crippen molar-refractivity contribution in [3.63, 3.8) is 0 Å². The zero-order valence-corrected chi connectivity index (χ0v) is 12.7. The Morgan fingerprint density at radius 3 is 2.95 bits per heavy atom. The van der Waals surface area contributed by atoms with Crippen molar-refractivity contribution < 1.29 is 13.2 Å². The molecule has 2 heterocycles. The van der Waals surface area contributed by atoms with Crippen molar-refractivity contribution in [1.29, 1.82) is 0 Å². The molecule has 0 aliphatic carbocycles. The van der Waals surface area contributed by atoms with E-state index in [1.54, 1.807) is 6.20 Å². The van der Waals surface area contributed by atoms with Gasteiger partial charge < -0.3 is 4.74 Å². The van der Waals surface area contributed by atoms with Gasteiger partial charge in [-0.1, -0.05) is 18.2 Å². The molecule has 2 aromatic rings. The smallest absolute Gasteiger partial charge is 0.154 e. The van der Waals surface area contributed by atoms with Gasteiger partial charge in [0.15, 0.2) is 9.84 Å². The van der Waals surface area contributed by atoms with Gasteiger partial charge in [-0.25, -0.2) is 8.42 Å². The van der Waals surface area contributed by atoms with E-state index in [1.807, 2.05) is 30.3 Å². The second kappa shape index (κ2) is 6.12. The van der Waals surface area contributed by atoms with Crippen LogP contribution in [0.2, 0.25) is 0 Å². The SMILES string of the molecule is O=S(=O)(CCC1CCCO1)Cc1cnc2ccccc2c1. The van der Waals surface area contributed by atoms with E-state index in [0.717, 1.165) is 35.9 Å². The highest BCUT2D eigenvalue weighted by atomic mass is 32.2. The Bertz CT molecular complexity index is 721. The zero-order valence-electron chi connectivity index (χ0n) is 11.9. The molecule has 0 N–H and O–H groups in total. The van der Waals surface area contributed by atoms with Crippen LogP contribution in [0.25, 0.3) is 10.9 Å². The lowest BCUT2D eigenvalue weighted by atomic mass is 10.2. The molecule has 0 amide bonds. The monoisotopic (exact) mass is 305 g/mol. The highest BCUT2D eigenvalue weighted by molar-refractivity contribution is 7.90. The molecule has 1 atom stereocenters. The number of hydrogen-bond donors (Lipinski definition) is 0. The molecule has 1 aromatic carbocycles. The third-order valence-electron chi connectivity index (χ3n) is 3.81. The maximum Gasteiger partial charge on any atom is 0.154 e. The fraction of sp³-hybridized carbons (Fsp3) is 0.438. The number of aromatic nitrogens is 1. The van der Waals surface area contributed by atoms with E-state index in [1.165, 1.54) is 0 Å². The largest absolute Gasteiger partial charge is 0.378 e. The average Bonchev–Trinajstić information content (AvgIpc) is 2.98. The summed E-state index contributed by atoms with van der Waals surface area (Å²) in [6, 6.07) is 9.63. The van der Waals surface area contributed by atoms with Gasteiger partial charge in [0.2, 0.25) is 0 Å². The summed E-state index contributed by atoms with van der Waals surface area (Å²) >= 11 is 0. The fourth-order valence-corrected chi connectivity index (χ4v) is 4.14. The number of pyridine rings is 1. The van der Waals surface area contributed by atoms with Crippen LogP contribution >= 0.6 is 0 Å². The zero-order chi connectivity index (χ0) is 14.7. The molecule has 1 fully saturated rings. The first-order chi connectivity index (χ1) is 10.1. The van der Waals surface area contributed by atoms with E-state index >= 15 is 0 Å². The van der Waals surface area contributed by atoms with E-state index in [0.29, 0.717) is 6.42 Å². The van der Waals surface area contributed by atoms with E-state index in [9.17, 15) is 8.42 Å². The standard InChI is InChI=1S/C16H19NO3S/c18-21(19,9-7-15-5-3-8-20-15)12-13-10-14-4-1-2-6-16(14)17-11-13/h1-2,4,6,10-11,15H,3,5,7-9,12H2. The lowest BCUT2D eigenvalue weighted by Gasteiger charge is -2.10. The lowest BCUT2D eigenvalue weighted by Crippen LogP contribution is -2.16. The van der Waals surface area contributed by atoms with Crippen LogP contribution in [-0.4, -0.2) is 31.9 Å². The number of nitrogens with zero attached hydrogens (tertiary/aromatic N) is 1. The molecule has 1 aliphatic rings. The van der Waals surface area contributed by atoms with Gasteiger partial charge in [-0.3, -0.25) is 4.98 Å². The number of ether oxygens (including phenoxy) is 1. The third kappa shape index (κ3) is 3.80. The molecule has 0 radical (unpaired) electrons. The van der Waals surface area contributed by atoms with Crippen molar-refractivity contribution in [1.82, 2.24) is 4.98 Å². The molecule has 1 saturated heterocycles. The van der Waals surface area contributed by atoms with Crippen molar-refractivity contribution in [3.8, 4) is 0 Å². The van der Waals surface area contributed by atoms with Crippen LogP contribution in [0.4, 0.5) is 0 Å². The summed E-state index contributed by atoms with van der Waals surface area (Å²) in [5, 5.41) is 0.976. The molecular formula is C16H19NO3S. The molecule has 1 unspecified atom stereocenters. The maximum atomic E-state index is 12.2. The minimum Gasteiger partial charge on any atom is -0.378 e. The van der Waals surface area contributed by atoms with Crippen molar-refractivity contribution in [2.45, 2.75) is 31.1 Å². The Labute approximate surface area is 125 Å². The molecule has 3 rings (SSSR count). The minimum absolute atomic E-state index is 0.0531. The van der Waals surface area contributed by atoms with Gasteiger partial charge in [-0.05, 0) is 37.0 Å². The van der Waals surface area contributed by atoms with Gasteiger partial charge in [0, 0.05) is 18.2 Å². The summed E-state index contributed by atoms with van der Waals surface area (Å²) < 4.78 is 29.9. The molecule has 21 heavy (non-hydrogen) atoms. The van der Waals surface area contributed by atoms with E-state index in [4.69, 9.17) is 4.74 Å². The van der Waals surface area contributed by atoms with E-state index in [-0.39, 0.29) is 17.6 Å². The highest BCUT2D eigenvalue weighted by Gasteiger charge is 2.20. The minimum atomic E-state index is -3.11. The van der Waals surface area contributed by atoms with Crippen molar-refractivity contribution in [3.05, 3.63) is 42.1 Å². The molecule has 1 aromatic heterocycles. The Hall–Kier alpha value is -1.46. The summed E-state index contributed by atoms with van der Waals surface area (Å²) in [7, 11) is -3.11. The summed E-state index contributed by atoms with van der Waals surface area (Å²) in [6.07, 6.45) is 4.40. The second-order valence-electron chi connectivity index (χ2n) is 5.55. The highest BCUT2D eigenvalue weighted by Crippen LogP contribution is 2.18. The number of fused-ring (bicyclic) bond motifs is 1. The van der Waals surface area contributed by atoms with Gasteiger partial charge in [-0.2, -0.15) is 0 Å². The quantitative estimate of drug-likeness (QED) is 0.852. The molecule has 0 saturated carbocycles. The van der Waals surface area contributed by atoms with Crippen LogP contribution in [0.3, 0.4) is 0 Å². The first-order valence-corrected chi connectivity index (χ1v) is 9.10. The van der Waals surface area contributed by atoms with Crippen molar-refractivity contribution in [2.24, 2.45) is 0 Å². The second-order valence-corrected chi connectivity index (χ2v) is 7.74. The molecule has 0 bridgehead atoms. The lowest BCUT2D eigenvalue weighted by molar-refractivity contribution is 0.109. The van der Waals surface area contributed by atoms with E-state index < -0.39 is 9.84 Å².